The van der Waals surface area contributed by atoms with Crippen LogP contribution in [0.4, 0.5) is 0 Å². The third-order valence-electron chi connectivity index (χ3n) is 4.85. The Balaban J connectivity index is 1.86. The Labute approximate surface area is 120 Å². The molecule has 1 amide bonds. The lowest BCUT2D eigenvalue weighted by Gasteiger charge is -2.26. The normalized spacial score (nSPS) is 28.5. The number of carbonyl (C=O) groups excluding carboxylic acids is 3. The maximum Gasteiger partial charge on any atom is 0.354 e. The molecule has 1 saturated carbocycles. The van der Waals surface area contributed by atoms with Crippen LogP contribution in [-0.2, 0) is 14.9 Å². The minimum Gasteiger partial charge on any atom is -0.464 e. The van der Waals surface area contributed by atoms with Gasteiger partial charge in [0.25, 0.3) is 0 Å². The number of carbonyl (C=O) groups is 3. The molecule has 6 nitrogen and oxygen atoms in total. The van der Waals surface area contributed by atoms with Crippen LogP contribution in [0, 0.1) is 5.92 Å². The second kappa shape index (κ2) is 3.63. The van der Waals surface area contributed by atoms with Gasteiger partial charge < -0.3 is 14.6 Å². The van der Waals surface area contributed by atoms with Crippen molar-refractivity contribution in [1.82, 2.24) is 9.88 Å². The molecular formula is C15H14N2O4. The molecule has 108 valence electrons. The summed E-state index contributed by atoms with van der Waals surface area (Å²) in [5.74, 6) is -0.401. The number of hydrogen-bond acceptors (Lipinski definition) is 4. The van der Waals surface area contributed by atoms with Crippen LogP contribution in [0.2, 0.25) is 0 Å². The van der Waals surface area contributed by atoms with Gasteiger partial charge in [-0.3, -0.25) is 9.59 Å². The van der Waals surface area contributed by atoms with Gasteiger partial charge in [0, 0.05) is 30.7 Å². The van der Waals surface area contributed by atoms with Crippen LogP contribution in [0.15, 0.2) is 17.8 Å². The molecule has 3 aliphatic rings. The zero-order chi connectivity index (χ0) is 14.9. The predicted octanol–water partition coefficient (Wildman–Crippen LogP) is 1.00. The summed E-state index contributed by atoms with van der Waals surface area (Å²) in [5.41, 5.74) is 2.09. The zero-order valence-corrected chi connectivity index (χ0v) is 11.7. The molecule has 6 heteroatoms. The van der Waals surface area contributed by atoms with Crippen molar-refractivity contribution in [3.05, 3.63) is 34.8 Å². The van der Waals surface area contributed by atoms with Gasteiger partial charge in [-0.05, 0) is 24.0 Å². The van der Waals surface area contributed by atoms with E-state index >= 15 is 0 Å². The number of nitrogens with zero attached hydrogens (tertiary/aromatic N) is 1. The maximum atomic E-state index is 12.3. The number of esters is 1. The summed E-state index contributed by atoms with van der Waals surface area (Å²) in [6.07, 6.45) is 2.45. The molecule has 1 aliphatic heterocycles. The molecule has 1 saturated heterocycles. The number of H-pyrrole nitrogens is 1. The number of nitrogens with one attached hydrogen (secondary N) is 1. The highest BCUT2D eigenvalue weighted by Crippen LogP contribution is 2.66. The Bertz CT molecular complexity index is 745. The number of fused-ring (bicyclic) bond motifs is 1. The van der Waals surface area contributed by atoms with Gasteiger partial charge >= 0.3 is 5.97 Å². The lowest BCUT2D eigenvalue weighted by atomic mass is 9.85. The number of amides is 1. The first kappa shape index (κ1) is 12.4. The summed E-state index contributed by atoms with van der Waals surface area (Å²) in [6.45, 7) is 2.16. The van der Waals surface area contributed by atoms with Gasteiger partial charge in [-0.2, -0.15) is 0 Å². The molecule has 1 aromatic heterocycles. The van der Waals surface area contributed by atoms with Crippen molar-refractivity contribution in [1.29, 1.82) is 0 Å². The van der Waals surface area contributed by atoms with Gasteiger partial charge in [0.1, 0.15) is 5.69 Å². The first-order valence-electron chi connectivity index (χ1n) is 6.85. The van der Waals surface area contributed by atoms with Gasteiger partial charge in [0.05, 0.1) is 12.8 Å². The molecule has 0 radical (unpaired) electrons. The Hall–Kier alpha value is -2.37. The summed E-state index contributed by atoms with van der Waals surface area (Å²) < 4.78 is 4.70. The van der Waals surface area contributed by atoms with Crippen LogP contribution in [0.25, 0.3) is 0 Å². The molecule has 2 heterocycles. The molecule has 1 spiro atoms. The molecular weight excluding hydrogens is 272 g/mol. The predicted molar refractivity (Wildman–Crippen MR) is 71.7 cm³/mol. The Morgan fingerprint density at radius 1 is 1.48 bits per heavy atom. The molecule has 1 N–H and O–H groups in total. The Kier molecular flexibility index (Phi) is 2.14. The second-order valence-corrected chi connectivity index (χ2v) is 5.86. The van der Waals surface area contributed by atoms with Gasteiger partial charge in [0.2, 0.25) is 11.7 Å². The van der Waals surface area contributed by atoms with E-state index in [-0.39, 0.29) is 22.8 Å². The van der Waals surface area contributed by atoms with Gasteiger partial charge in [0.15, 0.2) is 0 Å². The number of aromatic nitrogens is 1. The van der Waals surface area contributed by atoms with Crippen molar-refractivity contribution in [2.24, 2.45) is 5.92 Å². The number of piperidine rings is 1. The molecule has 2 aliphatic carbocycles. The topological polar surface area (TPSA) is 79.5 Å². The van der Waals surface area contributed by atoms with E-state index in [2.05, 4.69) is 4.98 Å². The smallest absolute Gasteiger partial charge is 0.354 e. The van der Waals surface area contributed by atoms with Crippen molar-refractivity contribution in [3.8, 4) is 0 Å². The molecule has 2 atom stereocenters. The standard InChI is InChI=1S/C15H14N2O4/c1-7(18)17-6-8-5-15(8)9-3-10(14(20)21-2)16-13(9)11(19)4-12(15)17/h3-4,8,16H,5-6H2,1-2H3. The third kappa shape index (κ3) is 1.34. The summed E-state index contributed by atoms with van der Waals surface area (Å²) in [5, 5.41) is 0. The van der Waals surface area contributed by atoms with Crippen LogP contribution in [-0.4, -0.2) is 41.2 Å². The van der Waals surface area contributed by atoms with Crippen molar-refractivity contribution in [2.75, 3.05) is 13.7 Å². The van der Waals surface area contributed by atoms with Gasteiger partial charge in [-0.1, -0.05) is 0 Å². The van der Waals surface area contributed by atoms with Crippen molar-refractivity contribution >= 4 is 17.7 Å². The van der Waals surface area contributed by atoms with Crippen LogP contribution in [0.5, 0.6) is 0 Å². The fraction of sp³-hybridized carbons (Fsp3) is 0.400. The van der Waals surface area contributed by atoms with Crippen LogP contribution in [0.3, 0.4) is 0 Å². The van der Waals surface area contributed by atoms with E-state index in [0.717, 1.165) is 17.7 Å². The Morgan fingerprint density at radius 3 is 2.90 bits per heavy atom. The van der Waals surface area contributed by atoms with E-state index in [1.165, 1.54) is 20.1 Å². The zero-order valence-electron chi connectivity index (χ0n) is 11.7. The van der Waals surface area contributed by atoms with E-state index in [4.69, 9.17) is 4.74 Å². The van der Waals surface area contributed by atoms with Crippen molar-refractivity contribution < 1.29 is 19.1 Å². The fourth-order valence-electron chi connectivity index (χ4n) is 3.81. The number of likely N-dealkylation sites (tertiary alicyclic amines) is 1. The molecule has 2 unspecified atom stereocenters. The molecule has 0 aromatic carbocycles. The van der Waals surface area contributed by atoms with Crippen molar-refractivity contribution in [3.63, 3.8) is 0 Å². The van der Waals surface area contributed by atoms with Crippen LogP contribution >= 0.6 is 0 Å². The number of hydrogen-bond donors (Lipinski definition) is 1. The van der Waals surface area contributed by atoms with E-state index in [1.807, 2.05) is 0 Å². The highest BCUT2D eigenvalue weighted by molar-refractivity contribution is 6.09. The maximum absolute atomic E-state index is 12.3. The molecule has 0 bridgehead atoms. The average molecular weight is 286 g/mol. The number of ketones is 1. The summed E-state index contributed by atoms with van der Waals surface area (Å²) >= 11 is 0. The first-order chi connectivity index (χ1) is 9.99. The minimum atomic E-state index is -0.492. The summed E-state index contributed by atoms with van der Waals surface area (Å²) in [4.78, 5) is 40.2. The number of rotatable bonds is 1. The highest BCUT2D eigenvalue weighted by atomic mass is 16.5. The molecule has 4 rings (SSSR count). The number of ether oxygens (including phenoxy) is 1. The van der Waals surface area contributed by atoms with Gasteiger partial charge in [-0.25, -0.2) is 4.79 Å². The van der Waals surface area contributed by atoms with Crippen LogP contribution < -0.4 is 0 Å². The monoisotopic (exact) mass is 286 g/mol. The van der Waals surface area contributed by atoms with E-state index in [9.17, 15) is 14.4 Å². The summed E-state index contributed by atoms with van der Waals surface area (Å²) in [6, 6.07) is 1.70. The number of aromatic amines is 1. The van der Waals surface area contributed by atoms with E-state index in [1.54, 1.807) is 11.0 Å². The second-order valence-electron chi connectivity index (χ2n) is 5.86. The van der Waals surface area contributed by atoms with Gasteiger partial charge in [-0.15, -0.1) is 0 Å². The Morgan fingerprint density at radius 2 is 2.24 bits per heavy atom. The fourth-order valence-corrected chi connectivity index (χ4v) is 3.81. The summed E-state index contributed by atoms with van der Waals surface area (Å²) in [7, 11) is 1.30. The van der Waals surface area contributed by atoms with E-state index in [0.29, 0.717) is 18.2 Å². The average Bonchev–Trinajstić information content (AvgIpc) is 2.84. The lowest BCUT2D eigenvalue weighted by molar-refractivity contribution is -0.126. The molecule has 2 fully saturated rings. The minimum absolute atomic E-state index is 0.0483. The third-order valence-corrected chi connectivity index (χ3v) is 4.85. The quantitative estimate of drug-likeness (QED) is 0.781. The highest BCUT2D eigenvalue weighted by Gasteiger charge is 2.67. The first-order valence-corrected chi connectivity index (χ1v) is 6.85. The van der Waals surface area contributed by atoms with Crippen LogP contribution in [0.1, 0.15) is 39.9 Å². The molecule has 21 heavy (non-hydrogen) atoms. The van der Waals surface area contributed by atoms with Crippen molar-refractivity contribution in [2.45, 2.75) is 18.8 Å². The SMILES string of the molecule is COC(=O)c1cc2c([nH]1)C(=O)C=C1N(C(C)=O)CC3CC123. The lowest BCUT2D eigenvalue weighted by Crippen LogP contribution is -2.31. The van der Waals surface area contributed by atoms with E-state index < -0.39 is 5.97 Å². The molecule has 1 aromatic rings. The number of allylic oxidation sites excluding steroid dienone is 2. The number of methoxy groups -OCH3 is 1. The largest absolute Gasteiger partial charge is 0.464 e.